The summed E-state index contributed by atoms with van der Waals surface area (Å²) in [5, 5.41) is 10.8. The smallest absolute Gasteiger partial charge is 0.106 e. The number of ether oxygens (including phenoxy) is 1. The third-order valence-electron chi connectivity index (χ3n) is 4.90. The summed E-state index contributed by atoms with van der Waals surface area (Å²) in [4.78, 5) is 0. The molecule has 2 unspecified atom stereocenters. The zero-order valence-electron chi connectivity index (χ0n) is 13.3. The molecule has 2 nitrogen and oxygen atoms in total. The lowest BCUT2D eigenvalue weighted by Gasteiger charge is -2.33. The van der Waals surface area contributed by atoms with Crippen LogP contribution in [0.25, 0.3) is 0 Å². The van der Waals surface area contributed by atoms with E-state index in [0.717, 1.165) is 5.56 Å². The Morgan fingerprint density at radius 2 is 1.60 bits per heavy atom. The summed E-state index contributed by atoms with van der Waals surface area (Å²) in [6.45, 7) is 6.30. The monoisotopic (exact) mass is 276 g/mol. The lowest BCUT2D eigenvalue weighted by atomic mass is 9.81. The van der Waals surface area contributed by atoms with Gasteiger partial charge in [-0.1, -0.05) is 31.4 Å². The Morgan fingerprint density at radius 3 is 2.20 bits per heavy atom. The topological polar surface area (TPSA) is 29.5 Å². The molecule has 0 amide bonds. The minimum Gasteiger partial charge on any atom is -0.386 e. The van der Waals surface area contributed by atoms with Crippen molar-refractivity contribution in [2.75, 3.05) is 7.11 Å². The van der Waals surface area contributed by atoms with Crippen molar-refractivity contribution in [1.29, 1.82) is 0 Å². The fraction of sp³-hybridized carbons (Fsp3) is 0.667. The minimum absolute atomic E-state index is 0.0730. The number of aliphatic hydroxyl groups excluding tert-OH is 1. The Kier molecular flexibility index (Phi) is 5.22. The van der Waals surface area contributed by atoms with Gasteiger partial charge in [-0.2, -0.15) is 0 Å². The van der Waals surface area contributed by atoms with Crippen molar-refractivity contribution in [2.45, 2.75) is 65.1 Å². The highest BCUT2D eigenvalue weighted by molar-refractivity contribution is 5.38. The fourth-order valence-electron chi connectivity index (χ4n) is 3.52. The largest absolute Gasteiger partial charge is 0.386 e. The molecule has 1 aliphatic carbocycles. The molecule has 0 spiro atoms. The lowest BCUT2D eigenvalue weighted by molar-refractivity contribution is -0.0561. The molecule has 1 N–H and O–H groups in total. The molecule has 1 aromatic carbocycles. The molecule has 20 heavy (non-hydrogen) atoms. The van der Waals surface area contributed by atoms with Crippen LogP contribution in [-0.2, 0) is 4.74 Å². The highest BCUT2D eigenvalue weighted by Crippen LogP contribution is 2.35. The highest BCUT2D eigenvalue weighted by Gasteiger charge is 2.31. The van der Waals surface area contributed by atoms with E-state index in [1.807, 2.05) is 0 Å². The van der Waals surface area contributed by atoms with Crippen molar-refractivity contribution in [3.63, 3.8) is 0 Å². The number of benzene rings is 1. The summed E-state index contributed by atoms with van der Waals surface area (Å²) in [5.41, 5.74) is 4.72. The molecule has 2 rings (SSSR count). The van der Waals surface area contributed by atoms with Crippen molar-refractivity contribution >= 4 is 0 Å². The number of methoxy groups -OCH3 is 1. The van der Waals surface area contributed by atoms with Crippen LogP contribution < -0.4 is 0 Å². The quantitative estimate of drug-likeness (QED) is 0.891. The van der Waals surface area contributed by atoms with E-state index in [4.69, 9.17) is 4.74 Å². The first-order valence-corrected chi connectivity index (χ1v) is 7.83. The molecule has 1 aliphatic rings. The van der Waals surface area contributed by atoms with Crippen LogP contribution in [0.1, 0.15) is 60.5 Å². The second kappa shape index (κ2) is 6.73. The Morgan fingerprint density at radius 1 is 1.00 bits per heavy atom. The molecule has 0 heterocycles. The van der Waals surface area contributed by atoms with Crippen molar-refractivity contribution in [1.82, 2.24) is 0 Å². The van der Waals surface area contributed by atoms with E-state index in [0.29, 0.717) is 5.92 Å². The molecule has 1 fully saturated rings. The maximum Gasteiger partial charge on any atom is 0.106 e. The van der Waals surface area contributed by atoms with E-state index >= 15 is 0 Å². The van der Waals surface area contributed by atoms with Crippen LogP contribution in [0.3, 0.4) is 0 Å². The molecular formula is C18H28O2. The van der Waals surface area contributed by atoms with Gasteiger partial charge in [0.15, 0.2) is 0 Å². The standard InChI is InChI=1S/C18H28O2/c1-12-10-14(3)16(11-13(12)2)17(19)18(20-4)15-8-6-5-7-9-15/h10-11,15,17-19H,5-9H2,1-4H3. The van der Waals surface area contributed by atoms with E-state index < -0.39 is 6.10 Å². The molecule has 112 valence electrons. The van der Waals surface area contributed by atoms with Gasteiger partial charge in [0.05, 0.1) is 6.10 Å². The van der Waals surface area contributed by atoms with Gasteiger partial charge in [0.25, 0.3) is 0 Å². The van der Waals surface area contributed by atoms with Gasteiger partial charge in [-0.15, -0.1) is 0 Å². The molecule has 2 atom stereocenters. The summed E-state index contributed by atoms with van der Waals surface area (Å²) in [7, 11) is 1.73. The maximum absolute atomic E-state index is 10.8. The zero-order chi connectivity index (χ0) is 14.7. The van der Waals surface area contributed by atoms with Crippen molar-refractivity contribution in [2.24, 2.45) is 5.92 Å². The zero-order valence-corrected chi connectivity index (χ0v) is 13.3. The van der Waals surface area contributed by atoms with E-state index in [-0.39, 0.29) is 6.10 Å². The summed E-state index contributed by atoms with van der Waals surface area (Å²) < 4.78 is 5.68. The maximum atomic E-state index is 10.8. The summed E-state index contributed by atoms with van der Waals surface area (Å²) in [5.74, 6) is 0.491. The van der Waals surface area contributed by atoms with Crippen LogP contribution in [0.2, 0.25) is 0 Å². The number of aliphatic hydroxyl groups is 1. The molecule has 1 saturated carbocycles. The molecule has 0 saturated heterocycles. The number of hydrogen-bond acceptors (Lipinski definition) is 2. The SMILES string of the molecule is COC(C1CCCCC1)C(O)c1cc(C)c(C)cc1C. The molecule has 0 radical (unpaired) electrons. The van der Waals surface area contributed by atoms with Gasteiger partial charge in [0, 0.05) is 7.11 Å². The van der Waals surface area contributed by atoms with E-state index in [9.17, 15) is 5.11 Å². The first-order chi connectivity index (χ1) is 9.54. The highest BCUT2D eigenvalue weighted by atomic mass is 16.5. The Labute approximate surface area is 123 Å². The second-order valence-corrected chi connectivity index (χ2v) is 6.34. The Hall–Kier alpha value is -0.860. The van der Waals surface area contributed by atoms with Gasteiger partial charge >= 0.3 is 0 Å². The van der Waals surface area contributed by atoms with E-state index in [1.165, 1.54) is 48.8 Å². The van der Waals surface area contributed by atoms with Crippen LogP contribution in [0.4, 0.5) is 0 Å². The average Bonchev–Trinajstić information content (AvgIpc) is 2.44. The fourth-order valence-corrected chi connectivity index (χ4v) is 3.52. The van der Waals surface area contributed by atoms with Crippen LogP contribution in [0.15, 0.2) is 12.1 Å². The Bertz CT molecular complexity index is 447. The van der Waals surface area contributed by atoms with Gasteiger partial charge in [0.1, 0.15) is 6.10 Å². The third-order valence-corrected chi connectivity index (χ3v) is 4.90. The summed E-state index contributed by atoms with van der Waals surface area (Å²) in [6.07, 6.45) is 5.63. The van der Waals surface area contributed by atoms with Crippen LogP contribution in [-0.4, -0.2) is 18.3 Å². The summed E-state index contributed by atoms with van der Waals surface area (Å²) in [6, 6.07) is 4.30. The van der Waals surface area contributed by atoms with Crippen molar-refractivity contribution in [3.05, 3.63) is 34.4 Å². The van der Waals surface area contributed by atoms with Gasteiger partial charge in [-0.25, -0.2) is 0 Å². The minimum atomic E-state index is -0.512. The van der Waals surface area contributed by atoms with E-state index in [2.05, 4.69) is 32.9 Å². The predicted molar refractivity (Wildman–Crippen MR) is 83.0 cm³/mol. The molecule has 1 aromatic rings. The van der Waals surface area contributed by atoms with Gasteiger partial charge < -0.3 is 9.84 Å². The third kappa shape index (κ3) is 3.24. The first kappa shape index (κ1) is 15.5. The molecule has 0 aromatic heterocycles. The van der Waals surface area contributed by atoms with Crippen LogP contribution >= 0.6 is 0 Å². The summed E-state index contributed by atoms with van der Waals surface area (Å²) >= 11 is 0. The number of aryl methyl sites for hydroxylation is 3. The second-order valence-electron chi connectivity index (χ2n) is 6.34. The van der Waals surface area contributed by atoms with Crippen LogP contribution in [0.5, 0.6) is 0 Å². The molecule has 0 aliphatic heterocycles. The van der Waals surface area contributed by atoms with Gasteiger partial charge in [0.2, 0.25) is 0 Å². The number of rotatable bonds is 4. The van der Waals surface area contributed by atoms with Crippen molar-refractivity contribution in [3.8, 4) is 0 Å². The normalized spacial score (nSPS) is 19.9. The van der Waals surface area contributed by atoms with Crippen molar-refractivity contribution < 1.29 is 9.84 Å². The van der Waals surface area contributed by atoms with Gasteiger partial charge in [-0.05, 0) is 61.8 Å². The van der Waals surface area contributed by atoms with E-state index in [1.54, 1.807) is 7.11 Å². The Balaban J connectivity index is 2.23. The predicted octanol–water partition coefficient (Wildman–Crippen LogP) is 4.24. The lowest BCUT2D eigenvalue weighted by Crippen LogP contribution is -2.31. The molecule has 0 bridgehead atoms. The van der Waals surface area contributed by atoms with Crippen LogP contribution in [0, 0.1) is 26.7 Å². The van der Waals surface area contributed by atoms with Gasteiger partial charge in [-0.3, -0.25) is 0 Å². The molecule has 2 heteroatoms. The number of hydrogen-bond donors (Lipinski definition) is 1. The average molecular weight is 276 g/mol. The molecular weight excluding hydrogens is 248 g/mol. The first-order valence-electron chi connectivity index (χ1n) is 7.83.